The summed E-state index contributed by atoms with van der Waals surface area (Å²) in [5.41, 5.74) is 10.1. The number of benzene rings is 1. The molecule has 0 saturated heterocycles. The number of hydrogen-bond acceptors (Lipinski definition) is 5. The standard InChI is InChI=1S/C13H16ClN3O4/c14-10-6-8(17(19)20)3-4-11(10)21-9-2-1-5-13(16,7-9)12(15)18/h3-4,6,9H,1-2,5,7,16H2,(H2,15,18). The fraction of sp³-hybridized carbons (Fsp3) is 0.462. The maximum Gasteiger partial charge on any atom is 0.271 e. The summed E-state index contributed by atoms with van der Waals surface area (Å²) in [6.07, 6.45) is 1.97. The second-order valence-electron chi connectivity index (χ2n) is 5.23. The highest BCUT2D eigenvalue weighted by Crippen LogP contribution is 2.34. The van der Waals surface area contributed by atoms with E-state index in [2.05, 4.69) is 0 Å². The molecule has 21 heavy (non-hydrogen) atoms. The van der Waals surface area contributed by atoms with Gasteiger partial charge in [-0.05, 0) is 25.3 Å². The maximum atomic E-state index is 11.4. The second-order valence-corrected chi connectivity index (χ2v) is 5.64. The van der Waals surface area contributed by atoms with Gasteiger partial charge in [0, 0.05) is 18.6 Å². The van der Waals surface area contributed by atoms with Gasteiger partial charge in [0.25, 0.3) is 5.69 Å². The lowest BCUT2D eigenvalue weighted by atomic mass is 9.80. The number of hydrogen-bond donors (Lipinski definition) is 2. The van der Waals surface area contributed by atoms with E-state index in [1.54, 1.807) is 0 Å². The minimum absolute atomic E-state index is 0.110. The molecule has 7 nitrogen and oxygen atoms in total. The van der Waals surface area contributed by atoms with Gasteiger partial charge in [0.1, 0.15) is 11.9 Å². The van der Waals surface area contributed by atoms with Gasteiger partial charge in [-0.1, -0.05) is 11.6 Å². The fourth-order valence-corrected chi connectivity index (χ4v) is 2.68. The molecule has 2 atom stereocenters. The van der Waals surface area contributed by atoms with Crippen molar-refractivity contribution in [2.45, 2.75) is 37.3 Å². The minimum Gasteiger partial charge on any atom is -0.489 e. The van der Waals surface area contributed by atoms with Crippen LogP contribution >= 0.6 is 11.6 Å². The van der Waals surface area contributed by atoms with Crippen LogP contribution in [-0.2, 0) is 4.79 Å². The van der Waals surface area contributed by atoms with E-state index in [0.29, 0.717) is 25.0 Å². The zero-order valence-corrected chi connectivity index (χ0v) is 12.0. The second kappa shape index (κ2) is 5.87. The smallest absolute Gasteiger partial charge is 0.271 e. The summed E-state index contributed by atoms with van der Waals surface area (Å²) in [4.78, 5) is 21.5. The van der Waals surface area contributed by atoms with Crippen molar-refractivity contribution >= 4 is 23.2 Å². The van der Waals surface area contributed by atoms with Crippen molar-refractivity contribution in [3.8, 4) is 5.75 Å². The van der Waals surface area contributed by atoms with Crippen molar-refractivity contribution < 1.29 is 14.5 Å². The first-order valence-corrected chi connectivity index (χ1v) is 6.89. The Labute approximate surface area is 126 Å². The predicted octanol–water partition coefficient (Wildman–Crippen LogP) is 1.75. The van der Waals surface area contributed by atoms with Crippen LogP contribution in [0.3, 0.4) is 0 Å². The van der Waals surface area contributed by atoms with E-state index in [1.807, 2.05) is 0 Å². The maximum absolute atomic E-state index is 11.4. The molecule has 1 fully saturated rings. The number of rotatable bonds is 4. The van der Waals surface area contributed by atoms with Crippen LogP contribution in [0, 0.1) is 10.1 Å². The molecule has 1 aliphatic carbocycles. The molecule has 0 radical (unpaired) electrons. The average molecular weight is 314 g/mol. The third kappa shape index (κ3) is 3.43. The number of ether oxygens (including phenoxy) is 1. The largest absolute Gasteiger partial charge is 0.489 e. The zero-order valence-electron chi connectivity index (χ0n) is 11.3. The molecule has 0 bridgehead atoms. The van der Waals surface area contributed by atoms with Gasteiger partial charge in [0.05, 0.1) is 15.5 Å². The van der Waals surface area contributed by atoms with E-state index in [9.17, 15) is 14.9 Å². The number of amides is 1. The lowest BCUT2D eigenvalue weighted by Gasteiger charge is -2.35. The van der Waals surface area contributed by atoms with Gasteiger partial charge < -0.3 is 16.2 Å². The third-order valence-corrected chi connectivity index (χ3v) is 3.95. The first kappa shape index (κ1) is 15.5. The van der Waals surface area contributed by atoms with Crippen LogP contribution in [-0.4, -0.2) is 22.5 Å². The average Bonchev–Trinajstić information content (AvgIpc) is 2.41. The Balaban J connectivity index is 2.11. The first-order valence-electron chi connectivity index (χ1n) is 6.51. The molecule has 1 aromatic rings. The molecular formula is C13H16ClN3O4. The molecule has 0 aliphatic heterocycles. The number of carbonyl (C=O) groups is 1. The molecule has 0 aromatic heterocycles. The normalized spacial score (nSPS) is 25.3. The van der Waals surface area contributed by atoms with Crippen LogP contribution in [0.1, 0.15) is 25.7 Å². The summed E-state index contributed by atoms with van der Waals surface area (Å²) in [6.45, 7) is 0. The minimum atomic E-state index is -1.07. The van der Waals surface area contributed by atoms with Gasteiger partial charge in [-0.25, -0.2) is 0 Å². The Morgan fingerprint density at radius 3 is 2.81 bits per heavy atom. The lowest BCUT2D eigenvalue weighted by molar-refractivity contribution is -0.384. The van der Waals surface area contributed by atoms with E-state index in [1.165, 1.54) is 18.2 Å². The number of nitrogens with two attached hydrogens (primary N) is 2. The van der Waals surface area contributed by atoms with E-state index in [0.717, 1.165) is 6.42 Å². The van der Waals surface area contributed by atoms with Crippen molar-refractivity contribution in [1.82, 2.24) is 0 Å². The topological polar surface area (TPSA) is 121 Å². The van der Waals surface area contributed by atoms with Crippen molar-refractivity contribution in [1.29, 1.82) is 0 Å². The highest BCUT2D eigenvalue weighted by Gasteiger charge is 2.38. The van der Waals surface area contributed by atoms with Crippen LogP contribution < -0.4 is 16.2 Å². The SMILES string of the molecule is NC(=O)C1(N)CCCC(Oc2ccc([N+](=O)[O-])cc2Cl)C1. The lowest BCUT2D eigenvalue weighted by Crippen LogP contribution is -2.56. The molecule has 1 aliphatic rings. The first-order chi connectivity index (χ1) is 9.82. The Hall–Kier alpha value is -1.86. The molecule has 2 unspecified atom stereocenters. The van der Waals surface area contributed by atoms with Gasteiger partial charge in [-0.3, -0.25) is 14.9 Å². The zero-order chi connectivity index (χ0) is 15.6. The molecule has 1 amide bonds. The van der Waals surface area contributed by atoms with E-state index in [-0.39, 0.29) is 16.8 Å². The quantitative estimate of drug-likeness (QED) is 0.647. The summed E-state index contributed by atoms with van der Waals surface area (Å²) in [5.74, 6) is -0.216. The van der Waals surface area contributed by atoms with Crippen molar-refractivity contribution in [3.05, 3.63) is 33.3 Å². The van der Waals surface area contributed by atoms with Crippen LogP contribution in [0.25, 0.3) is 0 Å². The van der Waals surface area contributed by atoms with E-state index >= 15 is 0 Å². The Morgan fingerprint density at radius 2 is 2.24 bits per heavy atom. The molecule has 0 spiro atoms. The number of non-ortho nitro benzene ring substituents is 1. The summed E-state index contributed by atoms with van der Waals surface area (Å²) in [5, 5.41) is 10.8. The van der Waals surface area contributed by atoms with Crippen LogP contribution in [0.4, 0.5) is 5.69 Å². The van der Waals surface area contributed by atoms with Gasteiger partial charge in [0.15, 0.2) is 0 Å². The van der Waals surface area contributed by atoms with Crippen molar-refractivity contribution in [2.75, 3.05) is 0 Å². The number of primary amides is 1. The van der Waals surface area contributed by atoms with Gasteiger partial charge >= 0.3 is 0 Å². The van der Waals surface area contributed by atoms with E-state index in [4.69, 9.17) is 27.8 Å². The molecule has 1 aromatic carbocycles. The van der Waals surface area contributed by atoms with Crippen LogP contribution in [0.5, 0.6) is 5.75 Å². The van der Waals surface area contributed by atoms with Crippen LogP contribution in [0.15, 0.2) is 18.2 Å². The number of nitrogens with zero attached hydrogens (tertiary/aromatic N) is 1. The summed E-state index contributed by atoms with van der Waals surface area (Å²) in [6, 6.07) is 3.98. The summed E-state index contributed by atoms with van der Waals surface area (Å²) >= 11 is 5.97. The molecule has 1 saturated carbocycles. The predicted molar refractivity (Wildman–Crippen MR) is 77.1 cm³/mol. The van der Waals surface area contributed by atoms with Gasteiger partial charge in [0.2, 0.25) is 5.91 Å². The third-order valence-electron chi connectivity index (χ3n) is 3.65. The Kier molecular flexibility index (Phi) is 4.34. The van der Waals surface area contributed by atoms with Crippen molar-refractivity contribution in [2.24, 2.45) is 11.5 Å². The molecule has 2 rings (SSSR count). The molecule has 0 heterocycles. The summed E-state index contributed by atoms with van der Waals surface area (Å²) < 4.78 is 5.72. The number of halogens is 1. The molecule has 8 heteroatoms. The highest BCUT2D eigenvalue weighted by molar-refractivity contribution is 6.32. The monoisotopic (exact) mass is 313 g/mol. The van der Waals surface area contributed by atoms with E-state index < -0.39 is 16.4 Å². The molecular weight excluding hydrogens is 298 g/mol. The van der Waals surface area contributed by atoms with Gasteiger partial charge in [-0.15, -0.1) is 0 Å². The molecule has 4 N–H and O–H groups in total. The molecule has 114 valence electrons. The Morgan fingerprint density at radius 1 is 1.52 bits per heavy atom. The fourth-order valence-electron chi connectivity index (χ4n) is 2.46. The number of carbonyl (C=O) groups excluding carboxylic acids is 1. The number of nitro benzene ring substituents is 1. The highest BCUT2D eigenvalue weighted by atomic mass is 35.5. The summed E-state index contributed by atoms with van der Waals surface area (Å²) in [7, 11) is 0. The van der Waals surface area contributed by atoms with Crippen molar-refractivity contribution in [3.63, 3.8) is 0 Å². The van der Waals surface area contributed by atoms with Gasteiger partial charge in [-0.2, -0.15) is 0 Å². The Bertz CT molecular complexity index is 581. The van der Waals surface area contributed by atoms with Crippen LogP contribution in [0.2, 0.25) is 5.02 Å². The number of nitro groups is 1.